The summed E-state index contributed by atoms with van der Waals surface area (Å²) in [6.07, 6.45) is 3.36. The molecule has 0 atom stereocenters. The zero-order valence-electron chi connectivity index (χ0n) is 12.6. The summed E-state index contributed by atoms with van der Waals surface area (Å²) in [5.74, 6) is 1.47. The predicted molar refractivity (Wildman–Crippen MR) is 92.5 cm³/mol. The average molecular weight is 382 g/mol. The van der Waals surface area contributed by atoms with E-state index in [1.54, 1.807) is 11.4 Å². The normalized spacial score (nSPS) is 15.5. The molecule has 0 aliphatic heterocycles. The molecule has 6 nitrogen and oxygen atoms in total. The molecule has 1 saturated carbocycles. The molecular weight excluding hydrogens is 366 g/mol. The van der Waals surface area contributed by atoms with Gasteiger partial charge in [0, 0.05) is 28.3 Å². The van der Waals surface area contributed by atoms with E-state index >= 15 is 0 Å². The smallest absolute Gasteiger partial charge is 0.250 e. The quantitative estimate of drug-likeness (QED) is 0.705. The Hall–Kier alpha value is -1.55. The zero-order chi connectivity index (χ0) is 16.6. The average Bonchev–Trinajstić information content (AvgIpc) is 3.24. The van der Waals surface area contributed by atoms with Gasteiger partial charge in [0.15, 0.2) is 0 Å². The van der Waals surface area contributed by atoms with Crippen molar-refractivity contribution in [3.63, 3.8) is 0 Å². The molecule has 3 aromatic heterocycles. The molecule has 3 aromatic rings. The maximum atomic E-state index is 12.4. The molecule has 4 rings (SSSR count). The molecule has 1 aliphatic rings. The fourth-order valence-electron chi connectivity index (χ4n) is 2.40. The van der Waals surface area contributed by atoms with Gasteiger partial charge in [0.25, 0.3) is 0 Å². The minimum absolute atomic E-state index is 0.254. The van der Waals surface area contributed by atoms with Gasteiger partial charge in [-0.3, -0.25) is 0 Å². The van der Waals surface area contributed by atoms with E-state index in [9.17, 15) is 8.42 Å². The van der Waals surface area contributed by atoms with Gasteiger partial charge in [0.2, 0.25) is 21.7 Å². The Morgan fingerprint density at radius 2 is 2.21 bits per heavy atom. The maximum absolute atomic E-state index is 12.4. The lowest BCUT2D eigenvalue weighted by Crippen LogP contribution is -2.21. The van der Waals surface area contributed by atoms with E-state index < -0.39 is 10.0 Å². The van der Waals surface area contributed by atoms with Crippen LogP contribution in [0.25, 0.3) is 11.4 Å². The molecule has 9 heteroatoms. The molecule has 0 saturated heterocycles. The zero-order valence-corrected chi connectivity index (χ0v) is 15.1. The van der Waals surface area contributed by atoms with Gasteiger partial charge in [-0.2, -0.15) is 4.98 Å². The highest BCUT2D eigenvalue weighted by molar-refractivity contribution is 7.91. The number of aromatic nitrogens is 2. The molecule has 126 valence electrons. The van der Waals surface area contributed by atoms with E-state index in [2.05, 4.69) is 14.9 Å². The number of thiophene rings is 2. The van der Waals surface area contributed by atoms with Crippen molar-refractivity contribution in [3.8, 4) is 11.4 Å². The topological polar surface area (TPSA) is 85.1 Å². The fraction of sp³-hybridized carbons (Fsp3) is 0.333. The van der Waals surface area contributed by atoms with E-state index in [1.807, 2.05) is 17.5 Å². The summed E-state index contributed by atoms with van der Waals surface area (Å²) >= 11 is 2.68. The van der Waals surface area contributed by atoms with Crippen molar-refractivity contribution >= 4 is 32.7 Å². The van der Waals surface area contributed by atoms with Gasteiger partial charge in [0.05, 0.1) is 0 Å². The number of rotatable bonds is 6. The van der Waals surface area contributed by atoms with Gasteiger partial charge in [-0.15, -0.1) is 22.7 Å². The Morgan fingerprint density at radius 3 is 2.92 bits per heavy atom. The highest BCUT2D eigenvalue weighted by atomic mass is 32.2. The molecule has 1 aliphatic carbocycles. The molecule has 0 unspecified atom stereocenters. The third kappa shape index (κ3) is 3.16. The van der Waals surface area contributed by atoms with Crippen molar-refractivity contribution in [1.29, 1.82) is 0 Å². The summed E-state index contributed by atoms with van der Waals surface area (Å²) in [4.78, 5) is 5.37. The van der Waals surface area contributed by atoms with Gasteiger partial charge in [0.1, 0.15) is 4.21 Å². The van der Waals surface area contributed by atoms with Crippen LogP contribution >= 0.6 is 22.7 Å². The molecule has 3 heterocycles. The number of nitrogens with one attached hydrogen (secondary N) is 1. The first-order valence-electron chi connectivity index (χ1n) is 7.56. The van der Waals surface area contributed by atoms with Crippen LogP contribution in [-0.4, -0.2) is 18.6 Å². The van der Waals surface area contributed by atoms with Crippen molar-refractivity contribution in [2.45, 2.75) is 35.9 Å². The lowest BCUT2D eigenvalue weighted by molar-refractivity contribution is 0.292. The Balaban J connectivity index is 1.50. The summed E-state index contributed by atoms with van der Waals surface area (Å²) in [6, 6.07) is 5.39. The number of hydrogen-bond acceptors (Lipinski definition) is 7. The van der Waals surface area contributed by atoms with Crippen LogP contribution in [0.5, 0.6) is 0 Å². The lowest BCUT2D eigenvalue weighted by Gasteiger charge is -2.20. The second-order valence-corrected chi connectivity index (χ2v) is 9.58. The molecule has 24 heavy (non-hydrogen) atoms. The first kappa shape index (κ1) is 15.9. The summed E-state index contributed by atoms with van der Waals surface area (Å²) < 4.78 is 32.9. The monoisotopic (exact) mass is 381 g/mol. The summed E-state index contributed by atoms with van der Waals surface area (Å²) in [7, 11) is -3.54. The summed E-state index contributed by atoms with van der Waals surface area (Å²) in [5, 5.41) is 7.64. The SMILES string of the molecule is O=S(=O)(NCc1cccs1)c1cc(-c2noc(C3CCC3)n2)cs1. The van der Waals surface area contributed by atoms with Gasteiger partial charge < -0.3 is 4.52 Å². The maximum Gasteiger partial charge on any atom is 0.250 e. The van der Waals surface area contributed by atoms with Crippen LogP contribution in [0.3, 0.4) is 0 Å². The molecule has 0 amide bonds. The van der Waals surface area contributed by atoms with E-state index in [0.717, 1.165) is 29.1 Å². The molecular formula is C15H15N3O3S3. The van der Waals surface area contributed by atoms with E-state index in [-0.39, 0.29) is 4.21 Å². The summed E-state index contributed by atoms with van der Waals surface area (Å²) in [6.45, 7) is 0.293. The van der Waals surface area contributed by atoms with E-state index in [4.69, 9.17) is 4.52 Å². The molecule has 0 radical (unpaired) electrons. The molecule has 1 N–H and O–H groups in total. The lowest BCUT2D eigenvalue weighted by atomic mass is 9.85. The Kier molecular flexibility index (Phi) is 4.25. The second kappa shape index (κ2) is 6.40. The van der Waals surface area contributed by atoms with E-state index in [1.165, 1.54) is 17.8 Å². The number of sulfonamides is 1. The highest BCUT2D eigenvalue weighted by Gasteiger charge is 2.26. The van der Waals surface area contributed by atoms with Crippen molar-refractivity contribution in [1.82, 2.24) is 14.9 Å². The van der Waals surface area contributed by atoms with Crippen LogP contribution in [-0.2, 0) is 16.6 Å². The van der Waals surface area contributed by atoms with Gasteiger partial charge in [-0.1, -0.05) is 17.6 Å². The molecule has 0 spiro atoms. The van der Waals surface area contributed by atoms with Crippen molar-refractivity contribution in [3.05, 3.63) is 39.7 Å². The second-order valence-electron chi connectivity index (χ2n) is 5.64. The standard InChI is InChI=1S/C15H15N3O3S3/c19-24(20,16-8-12-5-2-6-22-12)13-7-11(9-23-13)14-17-15(21-18-14)10-3-1-4-10/h2,5-7,9-10,16H,1,3-4,8H2. The van der Waals surface area contributed by atoms with Crippen LogP contribution in [0.15, 0.2) is 37.7 Å². The van der Waals surface area contributed by atoms with Crippen LogP contribution in [0.1, 0.15) is 35.9 Å². The van der Waals surface area contributed by atoms with Gasteiger partial charge in [-0.05, 0) is 30.4 Å². The minimum Gasteiger partial charge on any atom is -0.339 e. The van der Waals surface area contributed by atoms with Crippen LogP contribution in [0.4, 0.5) is 0 Å². The largest absolute Gasteiger partial charge is 0.339 e. The Bertz CT molecular complexity index is 924. The highest BCUT2D eigenvalue weighted by Crippen LogP contribution is 2.36. The minimum atomic E-state index is -3.54. The number of hydrogen-bond donors (Lipinski definition) is 1. The van der Waals surface area contributed by atoms with Gasteiger partial charge in [-0.25, -0.2) is 13.1 Å². The van der Waals surface area contributed by atoms with E-state index in [0.29, 0.717) is 29.7 Å². The fourth-order valence-corrected chi connectivity index (χ4v) is 5.34. The summed E-state index contributed by atoms with van der Waals surface area (Å²) in [5.41, 5.74) is 0.672. The van der Waals surface area contributed by atoms with Crippen molar-refractivity contribution in [2.75, 3.05) is 0 Å². The van der Waals surface area contributed by atoms with Gasteiger partial charge >= 0.3 is 0 Å². The predicted octanol–water partition coefficient (Wildman–Crippen LogP) is 3.61. The third-order valence-electron chi connectivity index (χ3n) is 4.01. The molecule has 0 aromatic carbocycles. The Labute approximate surface area is 147 Å². The van der Waals surface area contributed by atoms with Crippen molar-refractivity contribution in [2.24, 2.45) is 0 Å². The first-order valence-corrected chi connectivity index (χ1v) is 10.8. The molecule has 1 fully saturated rings. The van der Waals surface area contributed by atoms with Crippen LogP contribution in [0, 0.1) is 0 Å². The van der Waals surface area contributed by atoms with Crippen LogP contribution < -0.4 is 4.72 Å². The van der Waals surface area contributed by atoms with Crippen LogP contribution in [0.2, 0.25) is 0 Å². The van der Waals surface area contributed by atoms with Crippen molar-refractivity contribution < 1.29 is 12.9 Å². The number of nitrogens with zero attached hydrogens (tertiary/aromatic N) is 2. The third-order valence-corrected chi connectivity index (χ3v) is 7.73. The molecule has 0 bridgehead atoms. The first-order chi connectivity index (χ1) is 11.6. The Morgan fingerprint density at radius 1 is 1.33 bits per heavy atom.